The second-order valence-electron chi connectivity index (χ2n) is 6.70. The number of likely N-dealkylation sites (tertiary alicyclic amines) is 1. The molecule has 21 heavy (non-hydrogen) atoms. The average Bonchev–Trinajstić information content (AvgIpc) is 2.80. The molecule has 0 aromatic rings. The third kappa shape index (κ3) is 3.87. The van der Waals surface area contributed by atoms with E-state index in [1.165, 1.54) is 0 Å². The maximum absolute atomic E-state index is 12.3. The fourth-order valence-electron chi connectivity index (χ4n) is 3.07. The molecule has 2 aliphatic heterocycles. The number of fused-ring (bicyclic) bond motifs is 1. The molecule has 0 radical (unpaired) electrons. The minimum atomic E-state index is -0.503. The van der Waals surface area contributed by atoms with Crippen molar-refractivity contribution in [3.63, 3.8) is 0 Å². The summed E-state index contributed by atoms with van der Waals surface area (Å²) in [4.78, 5) is 26.0. The molecule has 1 amide bonds. The van der Waals surface area contributed by atoms with Gasteiger partial charge in [0.25, 0.3) is 0 Å². The summed E-state index contributed by atoms with van der Waals surface area (Å²) in [6, 6.07) is -0.147. The maximum Gasteiger partial charge on any atom is 0.410 e. The summed E-state index contributed by atoms with van der Waals surface area (Å²) in [5.41, 5.74) is -0.503. The summed E-state index contributed by atoms with van der Waals surface area (Å²) in [5, 5.41) is 3.30. The van der Waals surface area contributed by atoms with Crippen molar-refractivity contribution in [2.45, 2.75) is 70.7 Å². The van der Waals surface area contributed by atoms with E-state index in [0.29, 0.717) is 19.6 Å². The van der Waals surface area contributed by atoms with Gasteiger partial charge >= 0.3 is 12.1 Å². The number of nitrogens with zero attached hydrogens (tertiary/aromatic N) is 1. The molecule has 2 aliphatic rings. The van der Waals surface area contributed by atoms with Gasteiger partial charge in [-0.25, -0.2) is 4.79 Å². The van der Waals surface area contributed by atoms with Gasteiger partial charge in [-0.15, -0.1) is 0 Å². The van der Waals surface area contributed by atoms with Gasteiger partial charge in [-0.2, -0.15) is 0 Å². The number of ether oxygens (including phenoxy) is 2. The van der Waals surface area contributed by atoms with Gasteiger partial charge in [-0.3, -0.25) is 10.1 Å². The highest BCUT2D eigenvalue weighted by Gasteiger charge is 2.45. The molecule has 0 aliphatic carbocycles. The molecule has 3 atom stereocenters. The fraction of sp³-hybridized carbons (Fsp3) is 0.867. The van der Waals surface area contributed by atoms with Crippen molar-refractivity contribution >= 4 is 12.1 Å². The van der Waals surface area contributed by atoms with Gasteiger partial charge in [0.1, 0.15) is 11.6 Å². The van der Waals surface area contributed by atoms with Crippen LogP contribution < -0.4 is 5.32 Å². The van der Waals surface area contributed by atoms with Crippen molar-refractivity contribution in [3.8, 4) is 0 Å². The fourth-order valence-corrected chi connectivity index (χ4v) is 3.07. The number of carbonyl (C=O) groups is 2. The van der Waals surface area contributed by atoms with E-state index in [0.717, 1.165) is 12.8 Å². The molecule has 120 valence electrons. The number of carbonyl (C=O) groups excluding carboxylic acids is 2. The van der Waals surface area contributed by atoms with Crippen LogP contribution in [0.2, 0.25) is 0 Å². The summed E-state index contributed by atoms with van der Waals surface area (Å²) in [6.07, 6.45) is 2.20. The third-order valence-electron chi connectivity index (χ3n) is 3.87. The highest BCUT2D eigenvalue weighted by Crippen LogP contribution is 2.29. The standard InChI is InChI=1S/C15H26N2O4/c1-5-20-13(18)11-9-12-10(16-11)7-6-8-17(12)14(19)21-15(2,3)4/h10-12,16H,5-9H2,1-4H3. The molecule has 6 nitrogen and oxygen atoms in total. The van der Waals surface area contributed by atoms with Crippen LogP contribution in [0.5, 0.6) is 0 Å². The van der Waals surface area contributed by atoms with E-state index < -0.39 is 5.60 Å². The highest BCUT2D eigenvalue weighted by molar-refractivity contribution is 5.77. The van der Waals surface area contributed by atoms with Crippen LogP contribution in [0, 0.1) is 0 Å². The van der Waals surface area contributed by atoms with Crippen LogP contribution in [-0.2, 0) is 14.3 Å². The average molecular weight is 298 g/mol. The smallest absolute Gasteiger partial charge is 0.410 e. The summed E-state index contributed by atoms with van der Waals surface area (Å²) in [6.45, 7) is 8.45. The van der Waals surface area contributed by atoms with Crippen LogP contribution >= 0.6 is 0 Å². The molecular formula is C15H26N2O4. The van der Waals surface area contributed by atoms with E-state index in [1.807, 2.05) is 20.8 Å². The zero-order valence-corrected chi connectivity index (χ0v) is 13.3. The molecule has 2 heterocycles. The van der Waals surface area contributed by atoms with Gasteiger partial charge in [-0.1, -0.05) is 0 Å². The highest BCUT2D eigenvalue weighted by atomic mass is 16.6. The molecule has 0 aromatic heterocycles. The van der Waals surface area contributed by atoms with Crippen LogP contribution in [0.15, 0.2) is 0 Å². The lowest BCUT2D eigenvalue weighted by molar-refractivity contribution is -0.145. The predicted octanol–water partition coefficient (Wildman–Crippen LogP) is 1.68. The van der Waals surface area contributed by atoms with Crippen LogP contribution in [0.1, 0.15) is 47.0 Å². The number of esters is 1. The number of nitrogens with one attached hydrogen (secondary N) is 1. The second-order valence-corrected chi connectivity index (χ2v) is 6.70. The molecule has 0 saturated carbocycles. The Kier molecular flexibility index (Phi) is 4.76. The van der Waals surface area contributed by atoms with Crippen molar-refractivity contribution in [3.05, 3.63) is 0 Å². The number of hydrogen-bond acceptors (Lipinski definition) is 5. The molecule has 3 unspecified atom stereocenters. The predicted molar refractivity (Wildman–Crippen MR) is 77.9 cm³/mol. The summed E-state index contributed by atoms with van der Waals surface area (Å²) >= 11 is 0. The first-order valence-electron chi connectivity index (χ1n) is 7.74. The van der Waals surface area contributed by atoms with E-state index in [4.69, 9.17) is 9.47 Å². The Morgan fingerprint density at radius 3 is 2.67 bits per heavy atom. The van der Waals surface area contributed by atoms with E-state index in [9.17, 15) is 9.59 Å². The largest absolute Gasteiger partial charge is 0.465 e. The Morgan fingerprint density at radius 1 is 1.33 bits per heavy atom. The lowest BCUT2D eigenvalue weighted by atomic mass is 9.97. The Labute approximate surface area is 126 Å². The minimum Gasteiger partial charge on any atom is -0.465 e. The van der Waals surface area contributed by atoms with Crippen molar-refractivity contribution in [1.29, 1.82) is 0 Å². The van der Waals surface area contributed by atoms with Crippen molar-refractivity contribution in [1.82, 2.24) is 10.2 Å². The Balaban J connectivity index is 2.02. The molecule has 2 rings (SSSR count). The van der Waals surface area contributed by atoms with Crippen molar-refractivity contribution in [2.75, 3.05) is 13.2 Å². The van der Waals surface area contributed by atoms with E-state index in [2.05, 4.69) is 5.32 Å². The zero-order chi connectivity index (χ0) is 15.6. The minimum absolute atomic E-state index is 0.0167. The summed E-state index contributed by atoms with van der Waals surface area (Å²) < 4.78 is 10.5. The maximum atomic E-state index is 12.3. The van der Waals surface area contributed by atoms with Crippen LogP contribution in [0.25, 0.3) is 0 Å². The summed E-state index contributed by atoms with van der Waals surface area (Å²) in [5.74, 6) is -0.226. The lowest BCUT2D eigenvalue weighted by Crippen LogP contribution is -2.52. The molecule has 0 bridgehead atoms. The van der Waals surface area contributed by atoms with Crippen LogP contribution in [0.4, 0.5) is 4.79 Å². The van der Waals surface area contributed by atoms with E-state index >= 15 is 0 Å². The number of piperidine rings is 1. The van der Waals surface area contributed by atoms with Crippen LogP contribution in [-0.4, -0.2) is 53.8 Å². The third-order valence-corrected chi connectivity index (χ3v) is 3.87. The molecular weight excluding hydrogens is 272 g/mol. The monoisotopic (exact) mass is 298 g/mol. The molecule has 2 saturated heterocycles. The van der Waals surface area contributed by atoms with Crippen molar-refractivity contribution < 1.29 is 19.1 Å². The molecule has 1 N–H and O–H groups in total. The molecule has 0 spiro atoms. The van der Waals surface area contributed by atoms with Gasteiger partial charge < -0.3 is 14.4 Å². The zero-order valence-electron chi connectivity index (χ0n) is 13.3. The van der Waals surface area contributed by atoms with Gasteiger partial charge in [0.2, 0.25) is 0 Å². The second kappa shape index (κ2) is 6.22. The summed E-state index contributed by atoms with van der Waals surface area (Å²) in [7, 11) is 0. The lowest BCUT2D eigenvalue weighted by Gasteiger charge is -2.37. The number of rotatable bonds is 2. The van der Waals surface area contributed by atoms with Gasteiger partial charge in [0, 0.05) is 12.6 Å². The van der Waals surface area contributed by atoms with Gasteiger partial charge in [0.15, 0.2) is 0 Å². The van der Waals surface area contributed by atoms with Crippen LogP contribution in [0.3, 0.4) is 0 Å². The van der Waals surface area contributed by atoms with Gasteiger partial charge in [0.05, 0.1) is 12.6 Å². The quantitative estimate of drug-likeness (QED) is 0.786. The number of hydrogen-bond donors (Lipinski definition) is 1. The van der Waals surface area contributed by atoms with E-state index in [1.54, 1.807) is 11.8 Å². The number of amides is 1. The normalized spacial score (nSPS) is 29.0. The Morgan fingerprint density at radius 2 is 2.05 bits per heavy atom. The molecule has 2 fully saturated rings. The van der Waals surface area contributed by atoms with Crippen molar-refractivity contribution in [2.24, 2.45) is 0 Å². The van der Waals surface area contributed by atoms with Gasteiger partial charge in [-0.05, 0) is 47.0 Å². The molecule has 0 aromatic carbocycles. The Bertz CT molecular complexity index is 405. The Hall–Kier alpha value is -1.30. The topological polar surface area (TPSA) is 67.9 Å². The first-order chi connectivity index (χ1) is 9.81. The SMILES string of the molecule is CCOC(=O)C1CC2C(CCCN2C(=O)OC(C)(C)C)N1. The van der Waals surface area contributed by atoms with E-state index in [-0.39, 0.29) is 30.2 Å². The molecule has 6 heteroatoms. The first-order valence-corrected chi connectivity index (χ1v) is 7.74. The first kappa shape index (κ1) is 16.1.